The van der Waals surface area contributed by atoms with Crippen molar-refractivity contribution in [3.8, 4) is 11.3 Å². The highest BCUT2D eigenvalue weighted by atomic mass is 19.1. The topological polar surface area (TPSA) is 42.2 Å². The molecule has 1 aromatic carbocycles. The van der Waals surface area contributed by atoms with Gasteiger partial charge in [0.25, 0.3) is 0 Å². The lowest BCUT2D eigenvalue weighted by atomic mass is 10.1. The average Bonchev–Trinajstić information content (AvgIpc) is 2.59. The number of aromatic nitrogens is 1. The summed E-state index contributed by atoms with van der Waals surface area (Å²) >= 11 is 0. The Labute approximate surface area is 98.1 Å². The summed E-state index contributed by atoms with van der Waals surface area (Å²) in [7, 11) is 0. The Balaban J connectivity index is 2.43. The van der Waals surface area contributed by atoms with Crippen molar-refractivity contribution in [2.75, 3.05) is 0 Å². The summed E-state index contributed by atoms with van der Waals surface area (Å²) in [6.45, 7) is 1.80. The Kier molecular flexibility index (Phi) is 2.95. The second-order valence-electron chi connectivity index (χ2n) is 3.93. The summed E-state index contributed by atoms with van der Waals surface area (Å²) in [5, 5.41) is 8.81. The number of hydrogen-bond donors (Lipinski definition) is 1. The smallest absolute Gasteiger partial charge is 0.323 e. The molecule has 0 amide bonds. The van der Waals surface area contributed by atoms with E-state index in [0.29, 0.717) is 0 Å². The summed E-state index contributed by atoms with van der Waals surface area (Å²) in [6.07, 6.45) is 1.77. The van der Waals surface area contributed by atoms with Gasteiger partial charge in [0.15, 0.2) is 0 Å². The SMILES string of the molecule is Cc1cc(-c2ccc(F)cc2)n(CC(=O)O)c1. The van der Waals surface area contributed by atoms with Gasteiger partial charge in [-0.25, -0.2) is 4.39 Å². The molecular weight excluding hydrogens is 221 g/mol. The molecule has 88 valence electrons. The number of benzene rings is 1. The van der Waals surface area contributed by atoms with Crippen molar-refractivity contribution in [1.82, 2.24) is 4.57 Å². The van der Waals surface area contributed by atoms with Gasteiger partial charge in [-0.2, -0.15) is 0 Å². The summed E-state index contributed by atoms with van der Waals surface area (Å²) < 4.78 is 14.5. The van der Waals surface area contributed by atoms with Crippen molar-refractivity contribution in [2.24, 2.45) is 0 Å². The monoisotopic (exact) mass is 233 g/mol. The Morgan fingerprint density at radius 3 is 2.59 bits per heavy atom. The number of rotatable bonds is 3. The molecule has 0 saturated heterocycles. The zero-order valence-electron chi connectivity index (χ0n) is 9.35. The van der Waals surface area contributed by atoms with E-state index in [1.165, 1.54) is 12.1 Å². The molecule has 0 unspecified atom stereocenters. The third-order valence-electron chi connectivity index (χ3n) is 2.48. The molecule has 0 aliphatic rings. The Hall–Kier alpha value is -2.10. The van der Waals surface area contributed by atoms with Crippen LogP contribution in [-0.2, 0) is 11.3 Å². The van der Waals surface area contributed by atoms with Crippen molar-refractivity contribution in [1.29, 1.82) is 0 Å². The molecule has 4 heteroatoms. The van der Waals surface area contributed by atoms with Gasteiger partial charge in [0.1, 0.15) is 12.4 Å². The van der Waals surface area contributed by atoms with Crippen molar-refractivity contribution in [3.05, 3.63) is 47.9 Å². The molecule has 2 aromatic rings. The number of halogens is 1. The van der Waals surface area contributed by atoms with Gasteiger partial charge in [-0.3, -0.25) is 4.79 Å². The first-order valence-electron chi connectivity index (χ1n) is 5.21. The highest BCUT2D eigenvalue weighted by Gasteiger charge is 2.09. The summed E-state index contributed by atoms with van der Waals surface area (Å²) in [5.41, 5.74) is 2.57. The standard InChI is InChI=1S/C13H12FNO2/c1-9-6-12(15(7-9)8-13(16)17)10-2-4-11(14)5-3-10/h2-7H,8H2,1H3,(H,16,17). The van der Waals surface area contributed by atoms with Crippen LogP contribution in [0.4, 0.5) is 4.39 Å². The van der Waals surface area contributed by atoms with Crippen molar-refractivity contribution in [3.63, 3.8) is 0 Å². The van der Waals surface area contributed by atoms with Gasteiger partial charge in [-0.15, -0.1) is 0 Å². The van der Waals surface area contributed by atoms with E-state index in [2.05, 4.69) is 0 Å². The molecule has 1 N–H and O–H groups in total. The van der Waals surface area contributed by atoms with Crippen LogP contribution in [-0.4, -0.2) is 15.6 Å². The number of hydrogen-bond acceptors (Lipinski definition) is 1. The van der Waals surface area contributed by atoms with Crippen LogP contribution in [0.2, 0.25) is 0 Å². The first-order chi connectivity index (χ1) is 8.06. The number of carbonyl (C=O) groups is 1. The molecule has 0 aliphatic carbocycles. The third-order valence-corrected chi connectivity index (χ3v) is 2.48. The van der Waals surface area contributed by atoms with Gasteiger partial charge in [0, 0.05) is 11.9 Å². The number of aliphatic carboxylic acids is 1. The molecule has 2 rings (SSSR count). The van der Waals surface area contributed by atoms with E-state index in [0.717, 1.165) is 16.8 Å². The number of aryl methyl sites for hydroxylation is 1. The number of carboxylic acid groups (broad SMARTS) is 1. The van der Waals surface area contributed by atoms with Crippen LogP contribution < -0.4 is 0 Å². The molecule has 0 aliphatic heterocycles. The molecule has 0 atom stereocenters. The van der Waals surface area contributed by atoms with E-state index in [9.17, 15) is 9.18 Å². The fourth-order valence-electron chi connectivity index (χ4n) is 1.80. The maximum atomic E-state index is 12.8. The van der Waals surface area contributed by atoms with Gasteiger partial charge in [0.05, 0.1) is 0 Å². The van der Waals surface area contributed by atoms with Crippen molar-refractivity contribution >= 4 is 5.97 Å². The lowest BCUT2D eigenvalue weighted by Crippen LogP contribution is -2.08. The van der Waals surface area contributed by atoms with E-state index in [-0.39, 0.29) is 12.4 Å². The van der Waals surface area contributed by atoms with E-state index in [4.69, 9.17) is 5.11 Å². The fraction of sp³-hybridized carbons (Fsp3) is 0.154. The van der Waals surface area contributed by atoms with Crippen LogP contribution in [0.1, 0.15) is 5.56 Å². The van der Waals surface area contributed by atoms with Crippen LogP contribution in [0.5, 0.6) is 0 Å². The zero-order valence-corrected chi connectivity index (χ0v) is 9.35. The van der Waals surface area contributed by atoms with Gasteiger partial charge in [-0.05, 0) is 48.4 Å². The minimum Gasteiger partial charge on any atom is -0.480 e. The first-order valence-corrected chi connectivity index (χ1v) is 5.21. The van der Waals surface area contributed by atoms with Crippen LogP contribution in [0, 0.1) is 12.7 Å². The summed E-state index contributed by atoms with van der Waals surface area (Å²) in [5.74, 6) is -1.20. The molecule has 0 spiro atoms. The Morgan fingerprint density at radius 1 is 1.35 bits per heavy atom. The molecule has 0 bridgehead atoms. The van der Waals surface area contributed by atoms with Gasteiger partial charge < -0.3 is 9.67 Å². The van der Waals surface area contributed by atoms with Crippen LogP contribution in [0.25, 0.3) is 11.3 Å². The first kappa shape index (κ1) is 11.4. The molecular formula is C13H12FNO2. The maximum Gasteiger partial charge on any atom is 0.323 e. The van der Waals surface area contributed by atoms with E-state index < -0.39 is 5.97 Å². The highest BCUT2D eigenvalue weighted by Crippen LogP contribution is 2.22. The quantitative estimate of drug-likeness (QED) is 0.885. The largest absolute Gasteiger partial charge is 0.480 e. The lowest BCUT2D eigenvalue weighted by molar-refractivity contribution is -0.137. The predicted molar refractivity (Wildman–Crippen MR) is 62.2 cm³/mol. The minimum absolute atomic E-state index is 0.0967. The Morgan fingerprint density at radius 2 is 2.00 bits per heavy atom. The van der Waals surface area contributed by atoms with Crippen LogP contribution >= 0.6 is 0 Å². The maximum absolute atomic E-state index is 12.8. The summed E-state index contributed by atoms with van der Waals surface area (Å²) in [4.78, 5) is 10.7. The fourth-order valence-corrected chi connectivity index (χ4v) is 1.80. The normalized spacial score (nSPS) is 10.5. The average molecular weight is 233 g/mol. The second kappa shape index (κ2) is 4.41. The third kappa shape index (κ3) is 2.53. The molecule has 0 saturated carbocycles. The number of nitrogens with zero attached hydrogens (tertiary/aromatic N) is 1. The number of carboxylic acids is 1. The summed E-state index contributed by atoms with van der Waals surface area (Å²) in [6, 6.07) is 7.90. The Bertz CT molecular complexity index is 543. The van der Waals surface area contributed by atoms with Gasteiger partial charge in [0.2, 0.25) is 0 Å². The minimum atomic E-state index is -0.899. The van der Waals surface area contributed by atoms with Crippen LogP contribution in [0.3, 0.4) is 0 Å². The second-order valence-corrected chi connectivity index (χ2v) is 3.93. The van der Waals surface area contributed by atoms with Crippen LogP contribution in [0.15, 0.2) is 36.5 Å². The van der Waals surface area contributed by atoms with E-state index >= 15 is 0 Å². The van der Waals surface area contributed by atoms with Gasteiger partial charge >= 0.3 is 5.97 Å². The van der Waals surface area contributed by atoms with Crippen molar-refractivity contribution < 1.29 is 14.3 Å². The molecule has 17 heavy (non-hydrogen) atoms. The molecule has 0 fully saturated rings. The molecule has 3 nitrogen and oxygen atoms in total. The predicted octanol–water partition coefficient (Wildman–Crippen LogP) is 2.69. The van der Waals surface area contributed by atoms with Crippen molar-refractivity contribution in [2.45, 2.75) is 13.5 Å². The van der Waals surface area contributed by atoms with Gasteiger partial charge in [-0.1, -0.05) is 0 Å². The molecule has 1 aromatic heterocycles. The van der Waals surface area contributed by atoms with E-state index in [1.807, 2.05) is 13.0 Å². The van der Waals surface area contributed by atoms with E-state index in [1.54, 1.807) is 22.9 Å². The highest BCUT2D eigenvalue weighted by molar-refractivity contribution is 5.69. The zero-order chi connectivity index (χ0) is 12.4. The molecule has 1 heterocycles. The lowest BCUT2D eigenvalue weighted by Gasteiger charge is -2.06. The molecule has 0 radical (unpaired) electrons.